The van der Waals surface area contributed by atoms with Crippen LogP contribution in [0.2, 0.25) is 0 Å². The van der Waals surface area contributed by atoms with Gasteiger partial charge in [-0.15, -0.1) is 0 Å². The van der Waals surface area contributed by atoms with Gasteiger partial charge in [-0.3, -0.25) is 0 Å². The van der Waals surface area contributed by atoms with Crippen molar-refractivity contribution < 1.29 is 4.42 Å². The molecule has 0 spiro atoms. The second-order valence-electron chi connectivity index (χ2n) is 18.5. The standard InChI is InChI=1S/C68H44N2O/c1-2-13-50-42-54(24-23-45(50)11-1)52-15-9-14-51(41-52)46-25-33-56(34-26-46)69(58-37-29-48(30-38-58)55-32-40-67-64(44-55)63-39-31-49-12-3-4-18-60(49)68(63)71-67)57-35-27-47(28-36-57)53-16-10-17-59(43-53)70-65-21-7-5-19-61(65)62-20-6-8-22-66(62)70/h1-44H. The van der Waals surface area contributed by atoms with E-state index < -0.39 is 0 Å². The van der Waals surface area contributed by atoms with Gasteiger partial charge in [0.15, 0.2) is 0 Å². The Labute approximate surface area is 411 Å². The van der Waals surface area contributed by atoms with Crippen LogP contribution in [0.4, 0.5) is 17.1 Å². The summed E-state index contributed by atoms with van der Waals surface area (Å²) in [6.07, 6.45) is 0. The van der Waals surface area contributed by atoms with Crippen LogP contribution in [0.3, 0.4) is 0 Å². The van der Waals surface area contributed by atoms with E-state index in [0.717, 1.165) is 72.3 Å². The van der Waals surface area contributed by atoms with Crippen molar-refractivity contribution in [1.29, 1.82) is 0 Å². The molecule has 0 fully saturated rings. The highest BCUT2D eigenvalue weighted by Crippen LogP contribution is 2.41. The Morgan fingerprint density at radius 1 is 0.268 bits per heavy atom. The second kappa shape index (κ2) is 16.7. The van der Waals surface area contributed by atoms with E-state index in [1.807, 2.05) is 0 Å². The Morgan fingerprint density at radius 3 is 1.38 bits per heavy atom. The molecule has 14 rings (SSSR count). The molecule has 0 aliphatic carbocycles. The number of anilines is 3. The van der Waals surface area contributed by atoms with E-state index in [-0.39, 0.29) is 0 Å². The first-order valence-corrected chi connectivity index (χ1v) is 24.3. The lowest BCUT2D eigenvalue weighted by Gasteiger charge is -2.26. The van der Waals surface area contributed by atoms with Gasteiger partial charge in [0.25, 0.3) is 0 Å². The summed E-state index contributed by atoms with van der Waals surface area (Å²) in [6, 6.07) is 96.7. The lowest BCUT2D eigenvalue weighted by atomic mass is 9.97. The zero-order valence-corrected chi connectivity index (χ0v) is 38.7. The van der Waals surface area contributed by atoms with Crippen LogP contribution in [0.1, 0.15) is 0 Å². The number of fused-ring (bicyclic) bond motifs is 9. The van der Waals surface area contributed by atoms with Crippen LogP contribution >= 0.6 is 0 Å². The van der Waals surface area contributed by atoms with E-state index in [4.69, 9.17) is 4.42 Å². The number of hydrogen-bond donors (Lipinski definition) is 0. The number of rotatable bonds is 8. The number of para-hydroxylation sites is 2. The minimum atomic E-state index is 0.897. The normalized spacial score (nSPS) is 11.7. The molecule has 2 heterocycles. The smallest absolute Gasteiger partial charge is 0.143 e. The van der Waals surface area contributed by atoms with Gasteiger partial charge in [0.05, 0.1) is 11.0 Å². The van der Waals surface area contributed by atoms with Crippen molar-refractivity contribution in [2.45, 2.75) is 0 Å². The van der Waals surface area contributed by atoms with Gasteiger partial charge in [0, 0.05) is 49.7 Å². The molecule has 3 nitrogen and oxygen atoms in total. The number of furan rings is 1. The van der Waals surface area contributed by atoms with E-state index in [2.05, 4.69) is 276 Å². The van der Waals surface area contributed by atoms with Gasteiger partial charge in [-0.2, -0.15) is 0 Å². The monoisotopic (exact) mass is 904 g/mol. The third-order valence-electron chi connectivity index (χ3n) is 14.4. The van der Waals surface area contributed by atoms with Crippen LogP contribution in [0.5, 0.6) is 0 Å². The van der Waals surface area contributed by atoms with E-state index in [0.29, 0.717) is 0 Å². The van der Waals surface area contributed by atoms with Crippen molar-refractivity contribution in [1.82, 2.24) is 4.57 Å². The third-order valence-corrected chi connectivity index (χ3v) is 14.4. The SMILES string of the molecule is c1cc(-c2ccc(N(c3ccc(-c4cccc(-n5c6ccccc6c6ccccc65)c4)cc3)c3ccc(-c4ccc5oc6c7ccccc7ccc6c5c4)cc3)cc2)cc(-c2ccc3ccccc3c2)c1. The van der Waals surface area contributed by atoms with E-state index >= 15 is 0 Å². The van der Waals surface area contributed by atoms with Gasteiger partial charge in [0.2, 0.25) is 0 Å². The lowest BCUT2D eigenvalue weighted by molar-refractivity contribution is 0.672. The summed E-state index contributed by atoms with van der Waals surface area (Å²) in [5.41, 5.74) is 18.0. The Kier molecular flexibility index (Phi) is 9.53. The second-order valence-corrected chi connectivity index (χ2v) is 18.5. The van der Waals surface area contributed by atoms with E-state index in [1.165, 1.54) is 60.2 Å². The highest BCUT2D eigenvalue weighted by atomic mass is 16.3. The Hall–Kier alpha value is -9.44. The van der Waals surface area contributed by atoms with Crippen LogP contribution in [0.15, 0.2) is 271 Å². The largest absolute Gasteiger partial charge is 0.455 e. The zero-order valence-electron chi connectivity index (χ0n) is 38.7. The van der Waals surface area contributed by atoms with Crippen LogP contribution in [0.25, 0.3) is 115 Å². The Bertz CT molecular complexity index is 4280. The topological polar surface area (TPSA) is 21.3 Å². The number of aromatic nitrogens is 1. The molecule has 332 valence electrons. The molecule has 14 aromatic rings. The van der Waals surface area contributed by atoms with Crippen molar-refractivity contribution in [2.75, 3.05) is 4.90 Å². The van der Waals surface area contributed by atoms with Crippen LogP contribution in [-0.2, 0) is 0 Å². The van der Waals surface area contributed by atoms with Gasteiger partial charge in [-0.05, 0) is 152 Å². The summed E-state index contributed by atoms with van der Waals surface area (Å²) in [4.78, 5) is 2.36. The molecule has 0 radical (unpaired) electrons. The fourth-order valence-electron chi connectivity index (χ4n) is 10.8. The predicted molar refractivity (Wildman–Crippen MR) is 299 cm³/mol. The first-order valence-electron chi connectivity index (χ1n) is 24.3. The number of benzene rings is 12. The molecule has 0 bridgehead atoms. The maximum absolute atomic E-state index is 6.46. The quantitative estimate of drug-likeness (QED) is 0.151. The van der Waals surface area contributed by atoms with Crippen molar-refractivity contribution in [3.8, 4) is 50.2 Å². The maximum Gasteiger partial charge on any atom is 0.143 e. The summed E-state index contributed by atoms with van der Waals surface area (Å²) < 4.78 is 8.85. The maximum atomic E-state index is 6.46. The van der Waals surface area contributed by atoms with E-state index in [1.54, 1.807) is 0 Å². The number of nitrogens with zero attached hydrogens (tertiary/aromatic N) is 2. The van der Waals surface area contributed by atoms with Gasteiger partial charge < -0.3 is 13.9 Å². The molecule has 0 aliphatic rings. The van der Waals surface area contributed by atoms with Crippen molar-refractivity contribution in [2.24, 2.45) is 0 Å². The molecule has 3 heteroatoms. The molecule has 0 unspecified atom stereocenters. The lowest BCUT2D eigenvalue weighted by Crippen LogP contribution is -2.09. The fraction of sp³-hybridized carbons (Fsp3) is 0. The Balaban J connectivity index is 0.824. The van der Waals surface area contributed by atoms with Crippen LogP contribution in [0, 0.1) is 0 Å². The molecule has 0 atom stereocenters. The summed E-state index contributed by atoms with van der Waals surface area (Å²) in [5, 5.41) is 9.59. The van der Waals surface area contributed by atoms with Gasteiger partial charge >= 0.3 is 0 Å². The van der Waals surface area contributed by atoms with Crippen molar-refractivity contribution >= 4 is 82.4 Å². The summed E-state index contributed by atoms with van der Waals surface area (Å²) >= 11 is 0. The van der Waals surface area contributed by atoms with Crippen molar-refractivity contribution in [3.63, 3.8) is 0 Å². The third kappa shape index (κ3) is 7.06. The summed E-state index contributed by atoms with van der Waals surface area (Å²) in [6.45, 7) is 0. The highest BCUT2D eigenvalue weighted by Gasteiger charge is 2.17. The van der Waals surface area contributed by atoms with Crippen LogP contribution < -0.4 is 4.90 Å². The number of hydrogen-bond acceptors (Lipinski definition) is 2. The summed E-state index contributed by atoms with van der Waals surface area (Å²) in [5.74, 6) is 0. The molecule has 0 saturated carbocycles. The molecule has 0 amide bonds. The fourth-order valence-corrected chi connectivity index (χ4v) is 10.8. The Morgan fingerprint density at radius 2 is 0.732 bits per heavy atom. The zero-order chi connectivity index (χ0) is 46.8. The van der Waals surface area contributed by atoms with Crippen molar-refractivity contribution in [3.05, 3.63) is 267 Å². The molecular weight excluding hydrogens is 861 g/mol. The summed E-state index contributed by atoms with van der Waals surface area (Å²) in [7, 11) is 0. The highest BCUT2D eigenvalue weighted by molar-refractivity contribution is 6.15. The average molecular weight is 905 g/mol. The molecular formula is C68H44N2O. The van der Waals surface area contributed by atoms with Crippen LogP contribution in [-0.4, -0.2) is 4.57 Å². The predicted octanol–water partition coefficient (Wildman–Crippen LogP) is 19.1. The van der Waals surface area contributed by atoms with Gasteiger partial charge in [-0.25, -0.2) is 0 Å². The molecule has 12 aromatic carbocycles. The first-order chi connectivity index (χ1) is 35.2. The molecule has 2 aromatic heterocycles. The first kappa shape index (κ1) is 40.6. The molecule has 0 aliphatic heterocycles. The van der Waals surface area contributed by atoms with Gasteiger partial charge in [-0.1, -0.05) is 176 Å². The molecule has 71 heavy (non-hydrogen) atoms. The average Bonchev–Trinajstić information content (AvgIpc) is 4.00. The minimum Gasteiger partial charge on any atom is -0.455 e. The molecule has 0 N–H and O–H groups in total. The minimum absolute atomic E-state index is 0.897. The molecule has 0 saturated heterocycles. The van der Waals surface area contributed by atoms with Gasteiger partial charge in [0.1, 0.15) is 11.2 Å². The van der Waals surface area contributed by atoms with E-state index in [9.17, 15) is 0 Å².